The maximum Gasteiger partial charge on any atom is 0.326 e. The van der Waals surface area contributed by atoms with Gasteiger partial charge in [-0.2, -0.15) is 0 Å². The van der Waals surface area contributed by atoms with E-state index in [9.17, 15) is 29.1 Å². The van der Waals surface area contributed by atoms with E-state index in [0.717, 1.165) is 5.56 Å². The minimum atomic E-state index is -1.42. The van der Waals surface area contributed by atoms with E-state index in [1.165, 1.54) is 4.90 Å². The molecule has 1 aromatic rings. The van der Waals surface area contributed by atoms with Crippen molar-refractivity contribution in [3.63, 3.8) is 0 Å². The number of nitrogens with two attached hydrogens (primary N) is 2. The van der Waals surface area contributed by atoms with Crippen molar-refractivity contribution in [1.29, 1.82) is 0 Å². The largest absolute Gasteiger partial charge is 0.481 e. The number of aliphatic carboxylic acids is 2. The summed E-state index contributed by atoms with van der Waals surface area (Å²) in [5, 5.41) is 23.2. The van der Waals surface area contributed by atoms with E-state index in [-0.39, 0.29) is 18.7 Å². The van der Waals surface area contributed by atoms with Gasteiger partial charge in [0, 0.05) is 13.0 Å². The highest BCUT2D eigenvalue weighted by Crippen LogP contribution is 2.20. The number of carboxylic acids is 2. The van der Waals surface area contributed by atoms with Crippen molar-refractivity contribution >= 4 is 29.7 Å². The number of nitrogens with zero attached hydrogens (tertiary/aromatic N) is 1. The van der Waals surface area contributed by atoms with E-state index in [4.69, 9.17) is 16.6 Å². The van der Waals surface area contributed by atoms with E-state index in [0.29, 0.717) is 45.2 Å². The van der Waals surface area contributed by atoms with Crippen LogP contribution in [0, 0.1) is 0 Å². The Labute approximate surface area is 215 Å². The van der Waals surface area contributed by atoms with Gasteiger partial charge < -0.3 is 37.2 Å². The number of amides is 3. The van der Waals surface area contributed by atoms with Crippen LogP contribution in [0.1, 0.15) is 50.5 Å². The Morgan fingerprint density at radius 3 is 2.32 bits per heavy atom. The first kappa shape index (κ1) is 29.7. The highest BCUT2D eigenvalue weighted by Gasteiger charge is 2.38. The van der Waals surface area contributed by atoms with Crippen molar-refractivity contribution in [3.8, 4) is 0 Å². The summed E-state index contributed by atoms with van der Waals surface area (Å²) >= 11 is 0. The number of carbonyl (C=O) groups is 5. The number of benzene rings is 1. The highest BCUT2D eigenvalue weighted by molar-refractivity contribution is 5.94. The average Bonchev–Trinajstić information content (AvgIpc) is 3.35. The Balaban J connectivity index is 2.07. The summed E-state index contributed by atoms with van der Waals surface area (Å²) < 4.78 is 0. The molecular weight excluding hydrogens is 482 g/mol. The molecule has 3 amide bonds. The molecule has 1 aliphatic heterocycles. The zero-order valence-electron chi connectivity index (χ0n) is 20.8. The van der Waals surface area contributed by atoms with Crippen LogP contribution in [0.25, 0.3) is 0 Å². The van der Waals surface area contributed by atoms with Gasteiger partial charge in [0.05, 0.1) is 6.04 Å². The molecule has 0 saturated carbocycles. The van der Waals surface area contributed by atoms with Gasteiger partial charge in [-0.3, -0.25) is 19.2 Å². The van der Waals surface area contributed by atoms with Gasteiger partial charge in [0.1, 0.15) is 18.1 Å². The summed E-state index contributed by atoms with van der Waals surface area (Å²) in [5.41, 5.74) is 12.6. The number of hydrogen-bond acceptors (Lipinski definition) is 7. The molecule has 0 radical (unpaired) electrons. The summed E-state index contributed by atoms with van der Waals surface area (Å²) in [7, 11) is 0. The molecule has 1 aliphatic rings. The first-order valence-electron chi connectivity index (χ1n) is 12.5. The Bertz CT molecular complexity index is 943. The summed E-state index contributed by atoms with van der Waals surface area (Å²) in [6.45, 7) is 0.739. The number of unbranched alkanes of at least 4 members (excludes halogenated alkanes) is 1. The molecule has 0 aromatic heterocycles. The van der Waals surface area contributed by atoms with Crippen molar-refractivity contribution in [1.82, 2.24) is 15.5 Å². The van der Waals surface area contributed by atoms with E-state index in [1.54, 1.807) is 0 Å². The van der Waals surface area contributed by atoms with E-state index in [2.05, 4.69) is 10.6 Å². The number of likely N-dealkylation sites (tertiary alicyclic amines) is 1. The second-order valence-corrected chi connectivity index (χ2v) is 9.16. The summed E-state index contributed by atoms with van der Waals surface area (Å²) in [6, 6.07) is 5.18. The molecule has 12 nitrogen and oxygen atoms in total. The quantitative estimate of drug-likeness (QED) is 0.166. The molecular formula is C25H37N5O7. The van der Waals surface area contributed by atoms with Crippen LogP contribution in [-0.4, -0.2) is 82.0 Å². The standard InChI is InChI=1S/C25H37N5O7/c26-13-5-4-9-18(22(33)29-19(25(36)37)11-12-21(31)32)28-23(34)20-10-6-14-30(20)24(35)17(27)15-16-7-2-1-3-8-16/h1-3,7-8,17-20H,4-6,9-15,26-27H2,(H,28,34)(H,29,33)(H,31,32)(H,36,37). The Hall–Kier alpha value is -3.51. The van der Waals surface area contributed by atoms with Crippen molar-refractivity contribution in [3.05, 3.63) is 35.9 Å². The van der Waals surface area contributed by atoms with Gasteiger partial charge in [0.2, 0.25) is 17.7 Å². The number of nitrogens with one attached hydrogen (secondary N) is 2. The monoisotopic (exact) mass is 519 g/mol. The third kappa shape index (κ3) is 9.47. The number of hydrogen-bond donors (Lipinski definition) is 6. The zero-order chi connectivity index (χ0) is 27.4. The molecule has 0 aliphatic carbocycles. The summed E-state index contributed by atoms with van der Waals surface area (Å²) in [4.78, 5) is 62.9. The van der Waals surface area contributed by atoms with Gasteiger partial charge in [-0.15, -0.1) is 0 Å². The smallest absolute Gasteiger partial charge is 0.326 e. The van der Waals surface area contributed by atoms with Crippen LogP contribution >= 0.6 is 0 Å². The topological polar surface area (TPSA) is 205 Å². The molecule has 1 fully saturated rings. The fourth-order valence-electron chi connectivity index (χ4n) is 4.30. The maximum absolute atomic E-state index is 13.2. The van der Waals surface area contributed by atoms with Crippen molar-refractivity contribution in [2.24, 2.45) is 11.5 Å². The Morgan fingerprint density at radius 1 is 1.00 bits per heavy atom. The van der Waals surface area contributed by atoms with Gasteiger partial charge >= 0.3 is 11.9 Å². The van der Waals surface area contributed by atoms with Gasteiger partial charge in [0.25, 0.3) is 0 Å². The van der Waals surface area contributed by atoms with Crippen molar-refractivity contribution < 1.29 is 34.2 Å². The van der Waals surface area contributed by atoms with Crippen LogP contribution in [0.4, 0.5) is 0 Å². The van der Waals surface area contributed by atoms with Crippen LogP contribution in [0.3, 0.4) is 0 Å². The van der Waals surface area contributed by atoms with E-state index >= 15 is 0 Å². The Kier molecular flexibility index (Phi) is 12.0. The van der Waals surface area contributed by atoms with E-state index in [1.807, 2.05) is 30.3 Å². The third-order valence-electron chi connectivity index (χ3n) is 6.30. The first-order chi connectivity index (χ1) is 17.6. The molecule has 1 aromatic carbocycles. The highest BCUT2D eigenvalue weighted by atomic mass is 16.4. The number of carboxylic acid groups (broad SMARTS) is 2. The van der Waals surface area contributed by atoms with Gasteiger partial charge in [-0.1, -0.05) is 30.3 Å². The first-order valence-corrected chi connectivity index (χ1v) is 12.5. The molecule has 4 atom stereocenters. The van der Waals surface area contributed by atoms with Gasteiger partial charge in [-0.05, 0) is 57.1 Å². The van der Waals surface area contributed by atoms with Crippen LogP contribution in [0.2, 0.25) is 0 Å². The molecule has 1 heterocycles. The predicted octanol–water partition coefficient (Wildman–Crippen LogP) is -0.405. The lowest BCUT2D eigenvalue weighted by Gasteiger charge is -2.28. The molecule has 4 unspecified atom stereocenters. The summed E-state index contributed by atoms with van der Waals surface area (Å²) in [5.74, 6) is -4.18. The second kappa shape index (κ2) is 14.9. The van der Waals surface area contributed by atoms with Crippen LogP contribution < -0.4 is 22.1 Å². The minimum Gasteiger partial charge on any atom is -0.481 e. The van der Waals surface area contributed by atoms with E-state index < -0.39 is 54.3 Å². The zero-order valence-corrected chi connectivity index (χ0v) is 20.8. The van der Waals surface area contributed by atoms with Crippen molar-refractivity contribution in [2.75, 3.05) is 13.1 Å². The lowest BCUT2D eigenvalue weighted by Crippen LogP contribution is -2.56. The normalized spacial score (nSPS) is 17.5. The maximum atomic E-state index is 13.2. The van der Waals surface area contributed by atoms with Gasteiger partial charge in [0.15, 0.2) is 0 Å². The van der Waals surface area contributed by atoms with Crippen LogP contribution in [0.5, 0.6) is 0 Å². The van der Waals surface area contributed by atoms with Gasteiger partial charge in [-0.25, -0.2) is 4.79 Å². The van der Waals surface area contributed by atoms with Crippen LogP contribution in [0.15, 0.2) is 30.3 Å². The molecule has 0 spiro atoms. The number of rotatable bonds is 15. The SMILES string of the molecule is NCCCCC(NC(=O)C1CCCN1C(=O)C(N)Cc1ccccc1)C(=O)NC(CCC(=O)O)C(=O)O. The number of carbonyl (C=O) groups excluding carboxylic acids is 3. The molecule has 8 N–H and O–H groups in total. The Morgan fingerprint density at radius 2 is 1.70 bits per heavy atom. The molecule has 204 valence electrons. The van der Waals surface area contributed by atoms with Crippen LogP contribution in [-0.2, 0) is 30.4 Å². The molecule has 0 bridgehead atoms. The lowest BCUT2D eigenvalue weighted by molar-refractivity contribution is -0.144. The third-order valence-corrected chi connectivity index (χ3v) is 6.30. The molecule has 12 heteroatoms. The predicted molar refractivity (Wildman–Crippen MR) is 134 cm³/mol. The summed E-state index contributed by atoms with van der Waals surface area (Å²) in [6.07, 6.45) is 1.87. The fraction of sp³-hybridized carbons (Fsp3) is 0.560. The lowest BCUT2D eigenvalue weighted by atomic mass is 10.0. The average molecular weight is 520 g/mol. The van der Waals surface area contributed by atoms with Crippen molar-refractivity contribution in [2.45, 2.75) is 75.5 Å². The minimum absolute atomic E-state index is 0.203. The second-order valence-electron chi connectivity index (χ2n) is 9.16. The molecule has 1 saturated heterocycles. The molecule has 2 rings (SSSR count). The molecule has 37 heavy (non-hydrogen) atoms. The fourth-order valence-corrected chi connectivity index (χ4v) is 4.30.